The largest absolute Gasteiger partial charge is 0.317 e. The van der Waals surface area contributed by atoms with Crippen molar-refractivity contribution in [1.29, 1.82) is 0 Å². The van der Waals surface area contributed by atoms with Gasteiger partial charge in [0.2, 0.25) is 0 Å². The molecular weight excluding hydrogens is 667 g/mol. The molecule has 2 aliphatic heterocycles. The Kier molecular flexibility index (Phi) is 8.19. The van der Waals surface area contributed by atoms with E-state index in [-0.39, 0.29) is 29.4 Å². The number of imidazole rings is 1. The molecule has 268 valence electrons. The predicted octanol–water partition coefficient (Wildman–Crippen LogP) is 4.45. The summed E-state index contributed by atoms with van der Waals surface area (Å²) in [6.45, 7) is 10.5. The zero-order chi connectivity index (χ0) is 36.4. The minimum absolute atomic E-state index is 0.00619. The van der Waals surface area contributed by atoms with Crippen LogP contribution in [0.3, 0.4) is 0 Å². The van der Waals surface area contributed by atoms with Crippen LogP contribution in [0.2, 0.25) is 0 Å². The van der Waals surface area contributed by atoms with E-state index in [1.54, 1.807) is 17.2 Å². The van der Waals surface area contributed by atoms with Crippen molar-refractivity contribution < 1.29 is 4.57 Å². The first-order valence-electron chi connectivity index (χ1n) is 18.4. The normalized spacial score (nSPS) is 18.3. The highest BCUT2D eigenvalue weighted by Gasteiger charge is 2.30. The van der Waals surface area contributed by atoms with Gasteiger partial charge in [-0.15, -0.1) is 0 Å². The fourth-order valence-electron chi connectivity index (χ4n) is 8.22. The van der Waals surface area contributed by atoms with Crippen molar-refractivity contribution in [3.63, 3.8) is 0 Å². The Hall–Kier alpha value is -5.66. The monoisotopic (exact) mass is 708 g/mol. The second-order valence-electron chi connectivity index (χ2n) is 14.6. The molecule has 2 N–H and O–H groups in total. The van der Waals surface area contributed by atoms with E-state index in [2.05, 4.69) is 26.4 Å². The van der Waals surface area contributed by atoms with Crippen molar-refractivity contribution in [2.75, 3.05) is 19.6 Å². The van der Waals surface area contributed by atoms with Crippen LogP contribution in [-0.4, -0.2) is 58.3 Å². The first kappa shape index (κ1) is 33.2. The van der Waals surface area contributed by atoms with Gasteiger partial charge in [-0.2, -0.15) is 5.10 Å². The standard InChI is InChI=1S/C40H42N11O2/c1-23-13-28(33-14-24(2)38-46-25(3)19-51(38)47-33)16-35-37(23)40(53)50(22-45-35)31-9-12-42-36(17-31)48-20-29(18-43-26(48)4)27-5-6-32-34(15-27)44-21-49(39(32)52)30-7-10-41-11-8-30/h5-6,13-16,18-22,30-31,36,41-42H,7-12,17H2,1-4H3/q+1. The maximum Gasteiger partial charge on any atom is 0.296 e. The number of benzene rings is 2. The molecule has 2 aromatic carbocycles. The Balaban J connectivity index is 0.996. The van der Waals surface area contributed by atoms with Gasteiger partial charge in [-0.25, -0.2) is 24.0 Å². The fourth-order valence-corrected chi connectivity index (χ4v) is 8.22. The SMILES string of the molecule is Cc1cn2nc(-c3cc(C)c4c(=O)n(C5CCNC([n+]6cc(-c7ccc8c(=O)n(C9CCNCC9)cnc8c7)cnc6C)C5)cnc4c3)cc(C)c2n1. The molecule has 2 aliphatic rings. The minimum Gasteiger partial charge on any atom is -0.317 e. The van der Waals surface area contributed by atoms with E-state index in [1.165, 1.54) is 0 Å². The topological polar surface area (TPSA) is 141 Å². The van der Waals surface area contributed by atoms with Crippen LogP contribution in [0.5, 0.6) is 0 Å². The van der Waals surface area contributed by atoms with Crippen LogP contribution in [0, 0.1) is 27.7 Å². The third kappa shape index (κ3) is 5.89. The lowest BCUT2D eigenvalue weighted by atomic mass is 10.0. The van der Waals surface area contributed by atoms with Crippen LogP contribution in [0.15, 0.2) is 77.2 Å². The molecule has 13 nitrogen and oxygen atoms in total. The van der Waals surface area contributed by atoms with Gasteiger partial charge in [-0.05, 0) is 100 Å². The summed E-state index contributed by atoms with van der Waals surface area (Å²) in [4.78, 5) is 46.4. The van der Waals surface area contributed by atoms with Crippen LogP contribution in [0.25, 0.3) is 49.8 Å². The number of fused-ring (bicyclic) bond motifs is 3. The molecule has 53 heavy (non-hydrogen) atoms. The van der Waals surface area contributed by atoms with Crippen LogP contribution in [0.4, 0.5) is 0 Å². The van der Waals surface area contributed by atoms with E-state index in [0.717, 1.165) is 89.6 Å². The van der Waals surface area contributed by atoms with Crippen molar-refractivity contribution in [1.82, 2.24) is 49.3 Å². The number of rotatable bonds is 5. The molecule has 0 bridgehead atoms. The Morgan fingerprint density at radius 1 is 0.774 bits per heavy atom. The molecule has 7 aromatic rings. The number of hydrogen-bond acceptors (Lipinski definition) is 9. The number of aromatic nitrogens is 9. The van der Waals surface area contributed by atoms with Gasteiger partial charge in [-0.3, -0.25) is 24.0 Å². The number of piperidine rings is 2. The highest BCUT2D eigenvalue weighted by atomic mass is 16.1. The number of nitrogens with zero attached hydrogens (tertiary/aromatic N) is 9. The van der Waals surface area contributed by atoms with Gasteiger partial charge in [0.1, 0.15) is 6.20 Å². The average Bonchev–Trinajstić information content (AvgIpc) is 3.56. The molecule has 0 radical (unpaired) electrons. The second kappa shape index (κ2) is 13.1. The third-order valence-corrected chi connectivity index (χ3v) is 11.1. The molecule has 2 unspecified atom stereocenters. The molecule has 2 saturated heterocycles. The maximum absolute atomic E-state index is 14.1. The van der Waals surface area contributed by atoms with Gasteiger partial charge < -0.3 is 5.32 Å². The lowest BCUT2D eigenvalue weighted by Crippen LogP contribution is -2.54. The third-order valence-electron chi connectivity index (χ3n) is 11.1. The molecule has 9 rings (SSSR count). The molecule has 5 aromatic heterocycles. The lowest BCUT2D eigenvalue weighted by molar-refractivity contribution is -0.738. The number of aryl methyl sites for hydroxylation is 4. The summed E-state index contributed by atoms with van der Waals surface area (Å²) in [5.41, 5.74) is 8.54. The van der Waals surface area contributed by atoms with Crippen LogP contribution in [-0.2, 0) is 0 Å². The first-order chi connectivity index (χ1) is 25.7. The van der Waals surface area contributed by atoms with Crippen molar-refractivity contribution in [2.24, 2.45) is 0 Å². The van der Waals surface area contributed by atoms with Gasteiger partial charge in [0.25, 0.3) is 16.9 Å². The molecular formula is C40H42N11O2+. The Bertz CT molecular complexity index is 2690. The minimum atomic E-state index is -0.0842. The molecule has 0 saturated carbocycles. The average molecular weight is 709 g/mol. The van der Waals surface area contributed by atoms with E-state index in [9.17, 15) is 9.59 Å². The van der Waals surface area contributed by atoms with Crippen LogP contribution in [0.1, 0.15) is 66.6 Å². The molecule has 0 amide bonds. The quantitative estimate of drug-likeness (QED) is 0.248. The van der Waals surface area contributed by atoms with Gasteiger partial charge in [0, 0.05) is 37.5 Å². The first-order valence-corrected chi connectivity index (χ1v) is 18.4. The van der Waals surface area contributed by atoms with Gasteiger partial charge in [0.15, 0.2) is 18.0 Å². The highest BCUT2D eigenvalue weighted by Crippen LogP contribution is 2.29. The summed E-state index contributed by atoms with van der Waals surface area (Å²) in [5, 5.41) is 13.1. The lowest BCUT2D eigenvalue weighted by Gasteiger charge is -2.30. The molecule has 2 atom stereocenters. The van der Waals surface area contributed by atoms with E-state index in [0.29, 0.717) is 28.2 Å². The second-order valence-corrected chi connectivity index (χ2v) is 14.6. The highest BCUT2D eigenvalue weighted by molar-refractivity contribution is 5.86. The summed E-state index contributed by atoms with van der Waals surface area (Å²) >= 11 is 0. The molecule has 0 aliphatic carbocycles. The van der Waals surface area contributed by atoms with Crippen molar-refractivity contribution in [2.45, 2.75) is 71.6 Å². The summed E-state index contributed by atoms with van der Waals surface area (Å²) in [7, 11) is 0. The van der Waals surface area contributed by atoms with E-state index >= 15 is 0 Å². The zero-order valence-corrected chi connectivity index (χ0v) is 30.4. The molecule has 2 fully saturated rings. The summed E-state index contributed by atoms with van der Waals surface area (Å²) < 4.78 is 7.58. The van der Waals surface area contributed by atoms with Crippen LogP contribution < -0.4 is 26.3 Å². The predicted molar refractivity (Wildman–Crippen MR) is 203 cm³/mol. The molecule has 0 spiro atoms. The fraction of sp³-hybridized carbons (Fsp3) is 0.350. The van der Waals surface area contributed by atoms with Crippen LogP contribution >= 0.6 is 0 Å². The van der Waals surface area contributed by atoms with Crippen molar-refractivity contribution >= 4 is 27.5 Å². The zero-order valence-electron chi connectivity index (χ0n) is 30.4. The van der Waals surface area contributed by atoms with Crippen molar-refractivity contribution in [3.05, 3.63) is 111 Å². The number of nitrogens with one attached hydrogen (secondary N) is 2. The van der Waals surface area contributed by atoms with E-state index in [1.807, 2.05) is 85.6 Å². The summed E-state index contributed by atoms with van der Waals surface area (Å²) in [6.07, 6.45) is 12.5. The van der Waals surface area contributed by atoms with Gasteiger partial charge >= 0.3 is 0 Å². The Labute approximate surface area is 305 Å². The maximum atomic E-state index is 14.1. The van der Waals surface area contributed by atoms with Gasteiger partial charge in [-0.1, -0.05) is 11.1 Å². The molecule has 13 heteroatoms. The Morgan fingerprint density at radius 2 is 1.53 bits per heavy atom. The smallest absolute Gasteiger partial charge is 0.296 e. The Morgan fingerprint density at radius 3 is 2.36 bits per heavy atom. The van der Waals surface area contributed by atoms with Gasteiger partial charge in [0.05, 0.1) is 57.6 Å². The summed E-state index contributed by atoms with van der Waals surface area (Å²) in [6, 6.07) is 12.0. The van der Waals surface area contributed by atoms with E-state index < -0.39 is 0 Å². The number of hydrogen-bond donors (Lipinski definition) is 2. The molecule has 7 heterocycles. The van der Waals surface area contributed by atoms with Crippen molar-refractivity contribution in [3.8, 4) is 22.4 Å². The van der Waals surface area contributed by atoms with E-state index in [4.69, 9.17) is 20.1 Å². The summed E-state index contributed by atoms with van der Waals surface area (Å²) in [5.74, 6) is 0.857.